The van der Waals surface area contributed by atoms with Crippen LogP contribution in [-0.2, 0) is 17.8 Å². The van der Waals surface area contributed by atoms with E-state index in [0.29, 0.717) is 13.1 Å². The Bertz CT molecular complexity index is 918. The molecule has 1 aromatic carbocycles. The van der Waals surface area contributed by atoms with Gasteiger partial charge in [0.2, 0.25) is 5.91 Å². The molecule has 3 heterocycles. The summed E-state index contributed by atoms with van der Waals surface area (Å²) >= 11 is 0. The number of nitrogens with two attached hydrogens (primary N) is 1. The zero-order chi connectivity index (χ0) is 20.2. The zero-order valence-electron chi connectivity index (χ0n) is 17.3. The van der Waals surface area contributed by atoms with E-state index < -0.39 is 0 Å². The van der Waals surface area contributed by atoms with Crippen LogP contribution in [-0.4, -0.2) is 43.5 Å². The number of nitrogens with zero attached hydrogens (tertiary/aromatic N) is 4. The Morgan fingerprint density at radius 3 is 2.90 bits per heavy atom. The van der Waals surface area contributed by atoms with Crippen LogP contribution in [0, 0.1) is 5.92 Å². The first-order chi connectivity index (χ1) is 14.2. The second-order valence-electron chi connectivity index (χ2n) is 7.60. The van der Waals surface area contributed by atoms with Crippen LogP contribution in [0.1, 0.15) is 24.0 Å². The Morgan fingerprint density at radius 2 is 2.10 bits per heavy atom. The minimum Gasteiger partial charge on any atom is -0.369 e. The van der Waals surface area contributed by atoms with Crippen LogP contribution in [0.3, 0.4) is 0 Å². The molecular weight excluding hydrogens is 491 g/mol. The highest BCUT2D eigenvalue weighted by Gasteiger charge is 2.26. The summed E-state index contributed by atoms with van der Waals surface area (Å²) in [5.41, 5.74) is 9.21. The number of hydrogen-bond acceptors (Lipinski definition) is 4. The number of primary amides is 1. The summed E-state index contributed by atoms with van der Waals surface area (Å²) in [7, 11) is 1.81. The van der Waals surface area contributed by atoms with Gasteiger partial charge in [0.05, 0.1) is 5.92 Å². The Labute approximate surface area is 194 Å². The number of pyridine rings is 1. The first kappa shape index (κ1) is 22.3. The second kappa shape index (κ2) is 10.1. The minimum atomic E-state index is -0.224. The first-order valence-corrected chi connectivity index (χ1v) is 10.2. The molecule has 1 aromatic heterocycles. The van der Waals surface area contributed by atoms with E-state index in [2.05, 4.69) is 55.4 Å². The third kappa shape index (κ3) is 4.69. The number of para-hydroxylation sites is 1. The monoisotopic (exact) mass is 520 g/mol. The van der Waals surface area contributed by atoms with E-state index in [4.69, 9.17) is 5.73 Å². The van der Waals surface area contributed by atoms with Gasteiger partial charge in [0.1, 0.15) is 5.82 Å². The van der Waals surface area contributed by atoms with Gasteiger partial charge >= 0.3 is 0 Å². The van der Waals surface area contributed by atoms with Crippen molar-refractivity contribution in [2.75, 3.05) is 36.5 Å². The van der Waals surface area contributed by atoms with Crippen LogP contribution >= 0.6 is 24.0 Å². The van der Waals surface area contributed by atoms with E-state index in [0.717, 1.165) is 49.7 Å². The fraction of sp³-hybridized carbons (Fsp3) is 0.409. The third-order valence-corrected chi connectivity index (χ3v) is 5.78. The molecule has 0 bridgehead atoms. The Morgan fingerprint density at radius 1 is 1.27 bits per heavy atom. The maximum atomic E-state index is 11.7. The van der Waals surface area contributed by atoms with Gasteiger partial charge in [-0.05, 0) is 37.0 Å². The van der Waals surface area contributed by atoms with Gasteiger partial charge in [-0.2, -0.15) is 0 Å². The summed E-state index contributed by atoms with van der Waals surface area (Å²) in [6.07, 6.45) is 4.63. The number of nitrogens with one attached hydrogen (secondary N) is 1. The van der Waals surface area contributed by atoms with Crippen molar-refractivity contribution in [3.8, 4) is 0 Å². The van der Waals surface area contributed by atoms with Gasteiger partial charge in [-0.3, -0.25) is 9.79 Å². The number of aliphatic imine (C=N–C) groups is 1. The van der Waals surface area contributed by atoms with Crippen molar-refractivity contribution in [1.29, 1.82) is 0 Å². The molecule has 2 aliphatic rings. The topological polar surface area (TPSA) is 86.9 Å². The summed E-state index contributed by atoms with van der Waals surface area (Å²) in [6, 6.07) is 12.5. The second-order valence-corrected chi connectivity index (χ2v) is 7.60. The molecule has 2 aliphatic heterocycles. The summed E-state index contributed by atoms with van der Waals surface area (Å²) in [5.74, 6) is 1.44. The molecule has 2 aromatic rings. The molecule has 1 fully saturated rings. The van der Waals surface area contributed by atoms with Gasteiger partial charge in [-0.1, -0.05) is 24.3 Å². The van der Waals surface area contributed by atoms with Crippen molar-refractivity contribution in [2.24, 2.45) is 16.6 Å². The number of carbonyl (C=O) groups is 1. The largest absolute Gasteiger partial charge is 0.369 e. The van der Waals surface area contributed by atoms with Crippen LogP contribution in [0.5, 0.6) is 0 Å². The standard InChI is InChI=1S/C22H28N6O.HI/c1-24-22(28-13-10-16-6-2-3-9-19(16)28)26-14-17-7-4-11-25-21(17)27-12-5-8-18(15-27)20(23)29;/h2-4,6-7,9,11,18H,5,8,10,12-15H2,1H3,(H2,23,29)(H,24,26);1H. The number of aromatic nitrogens is 1. The van der Waals surface area contributed by atoms with Crippen molar-refractivity contribution in [3.63, 3.8) is 0 Å². The lowest BCUT2D eigenvalue weighted by Gasteiger charge is -2.33. The van der Waals surface area contributed by atoms with Crippen LogP contribution in [0.25, 0.3) is 0 Å². The molecule has 0 aliphatic carbocycles. The lowest BCUT2D eigenvalue weighted by molar-refractivity contribution is -0.122. The highest BCUT2D eigenvalue weighted by atomic mass is 127. The maximum Gasteiger partial charge on any atom is 0.222 e. The molecule has 1 atom stereocenters. The molecular formula is C22H29IN6O. The van der Waals surface area contributed by atoms with Gasteiger partial charge in [-0.15, -0.1) is 24.0 Å². The molecule has 1 amide bonds. The van der Waals surface area contributed by atoms with E-state index in [-0.39, 0.29) is 35.8 Å². The Hall–Kier alpha value is -2.36. The molecule has 0 spiro atoms. The van der Waals surface area contributed by atoms with E-state index in [9.17, 15) is 4.79 Å². The maximum absolute atomic E-state index is 11.7. The van der Waals surface area contributed by atoms with Crippen LogP contribution in [0.2, 0.25) is 0 Å². The van der Waals surface area contributed by atoms with E-state index in [1.807, 2.05) is 13.1 Å². The number of piperidine rings is 1. The molecule has 30 heavy (non-hydrogen) atoms. The molecule has 4 rings (SSSR count). The SMILES string of the molecule is CN=C(NCc1cccnc1N1CCCC(C(N)=O)C1)N1CCc2ccccc21.I. The van der Waals surface area contributed by atoms with E-state index in [1.54, 1.807) is 6.20 Å². The van der Waals surface area contributed by atoms with Crippen molar-refractivity contribution in [3.05, 3.63) is 53.7 Å². The lowest BCUT2D eigenvalue weighted by atomic mass is 9.97. The van der Waals surface area contributed by atoms with Gasteiger partial charge in [0.15, 0.2) is 5.96 Å². The Balaban J connectivity index is 0.00000256. The first-order valence-electron chi connectivity index (χ1n) is 10.2. The highest BCUT2D eigenvalue weighted by molar-refractivity contribution is 14.0. The van der Waals surface area contributed by atoms with Gasteiger partial charge < -0.3 is 20.9 Å². The molecule has 8 heteroatoms. The number of benzene rings is 1. The van der Waals surface area contributed by atoms with Gasteiger partial charge in [0, 0.05) is 50.7 Å². The van der Waals surface area contributed by atoms with Crippen molar-refractivity contribution in [2.45, 2.75) is 25.8 Å². The molecule has 7 nitrogen and oxygen atoms in total. The Kier molecular flexibility index (Phi) is 7.52. The number of hydrogen-bond donors (Lipinski definition) is 2. The third-order valence-electron chi connectivity index (χ3n) is 5.78. The number of carbonyl (C=O) groups excluding carboxylic acids is 1. The van der Waals surface area contributed by atoms with Crippen LogP contribution < -0.4 is 20.9 Å². The normalized spacial score (nSPS) is 18.6. The fourth-order valence-electron chi connectivity index (χ4n) is 4.28. The average molecular weight is 520 g/mol. The molecule has 160 valence electrons. The van der Waals surface area contributed by atoms with E-state index >= 15 is 0 Å². The molecule has 0 radical (unpaired) electrons. The molecule has 1 unspecified atom stereocenters. The summed E-state index contributed by atoms with van der Waals surface area (Å²) in [6.45, 7) is 3.06. The van der Waals surface area contributed by atoms with Gasteiger partial charge in [0.25, 0.3) is 0 Å². The quantitative estimate of drug-likeness (QED) is 0.368. The van der Waals surface area contributed by atoms with Gasteiger partial charge in [-0.25, -0.2) is 4.98 Å². The summed E-state index contributed by atoms with van der Waals surface area (Å²) < 4.78 is 0. The summed E-state index contributed by atoms with van der Waals surface area (Å²) in [4.78, 5) is 25.2. The van der Waals surface area contributed by atoms with Crippen molar-refractivity contribution >= 4 is 47.3 Å². The number of amides is 1. The predicted octanol–water partition coefficient (Wildman–Crippen LogP) is 2.54. The summed E-state index contributed by atoms with van der Waals surface area (Å²) in [5, 5.41) is 3.50. The van der Waals surface area contributed by atoms with Crippen molar-refractivity contribution < 1.29 is 4.79 Å². The number of anilines is 2. The average Bonchev–Trinajstić information content (AvgIpc) is 3.19. The number of fused-ring (bicyclic) bond motifs is 1. The minimum absolute atomic E-state index is 0. The number of guanidine groups is 1. The predicted molar refractivity (Wildman–Crippen MR) is 131 cm³/mol. The fourth-order valence-corrected chi connectivity index (χ4v) is 4.28. The molecule has 0 saturated carbocycles. The van der Waals surface area contributed by atoms with Crippen LogP contribution in [0.4, 0.5) is 11.5 Å². The number of halogens is 1. The van der Waals surface area contributed by atoms with E-state index in [1.165, 1.54) is 11.3 Å². The highest BCUT2D eigenvalue weighted by Crippen LogP contribution is 2.28. The smallest absolute Gasteiger partial charge is 0.222 e. The number of rotatable bonds is 4. The molecule has 3 N–H and O–H groups in total. The van der Waals surface area contributed by atoms with Crippen molar-refractivity contribution in [1.82, 2.24) is 10.3 Å². The lowest BCUT2D eigenvalue weighted by Crippen LogP contribution is -2.43. The molecule has 1 saturated heterocycles. The zero-order valence-corrected chi connectivity index (χ0v) is 19.6. The van der Waals surface area contributed by atoms with Crippen LogP contribution in [0.15, 0.2) is 47.6 Å².